The smallest absolute Gasteiger partial charge is 0.253 e. The molecule has 108 valence electrons. The van der Waals surface area contributed by atoms with E-state index < -0.39 is 0 Å². The van der Waals surface area contributed by atoms with Gasteiger partial charge in [-0.25, -0.2) is 0 Å². The highest BCUT2D eigenvalue weighted by Crippen LogP contribution is 2.30. The molecular weight excluding hydrogens is 384 g/mol. The first-order valence-electron chi connectivity index (χ1n) is 6.81. The third-order valence-electron chi connectivity index (χ3n) is 3.67. The van der Waals surface area contributed by atoms with E-state index in [2.05, 4.69) is 56.0 Å². The number of fused-ring (bicyclic) bond motifs is 1. The van der Waals surface area contributed by atoms with E-state index in [0.29, 0.717) is 11.5 Å². The lowest BCUT2D eigenvalue weighted by atomic mass is 10.0. The number of benzene rings is 1. The summed E-state index contributed by atoms with van der Waals surface area (Å²) in [7, 11) is 0. The third-order valence-corrected chi connectivity index (χ3v) is 5.52. The van der Waals surface area contributed by atoms with Crippen LogP contribution in [0.2, 0.25) is 0 Å². The molecule has 0 radical (unpaired) electrons. The van der Waals surface area contributed by atoms with Crippen molar-refractivity contribution in [1.29, 1.82) is 0 Å². The molecule has 3 nitrogen and oxygen atoms in total. The van der Waals surface area contributed by atoms with E-state index in [1.807, 2.05) is 12.1 Å². The largest absolute Gasteiger partial charge is 0.360 e. The number of aromatic nitrogens is 1. The molecule has 0 spiro atoms. The predicted molar refractivity (Wildman–Crippen MR) is 90.1 cm³/mol. The molecule has 2 N–H and O–H groups in total. The molecule has 1 aromatic carbocycles. The molecule has 20 heavy (non-hydrogen) atoms. The van der Waals surface area contributed by atoms with Crippen LogP contribution in [0.5, 0.6) is 0 Å². The van der Waals surface area contributed by atoms with Gasteiger partial charge in [0.05, 0.1) is 5.56 Å². The lowest BCUT2D eigenvalue weighted by Gasteiger charge is -2.12. The van der Waals surface area contributed by atoms with Gasteiger partial charge in [-0.05, 0) is 49.9 Å². The number of aromatic amines is 1. The van der Waals surface area contributed by atoms with Crippen molar-refractivity contribution in [2.24, 2.45) is 5.92 Å². The van der Waals surface area contributed by atoms with E-state index in [0.717, 1.165) is 39.2 Å². The van der Waals surface area contributed by atoms with Gasteiger partial charge in [0.25, 0.3) is 5.91 Å². The molecule has 5 heteroatoms. The van der Waals surface area contributed by atoms with Crippen LogP contribution < -0.4 is 5.32 Å². The van der Waals surface area contributed by atoms with Gasteiger partial charge in [-0.3, -0.25) is 4.79 Å². The molecule has 2 aromatic rings. The molecule has 0 aliphatic carbocycles. The van der Waals surface area contributed by atoms with Gasteiger partial charge in [-0.15, -0.1) is 0 Å². The summed E-state index contributed by atoms with van der Waals surface area (Å²) in [5, 5.41) is 3.96. The first kappa shape index (κ1) is 15.6. The van der Waals surface area contributed by atoms with Crippen LogP contribution in [-0.4, -0.2) is 17.4 Å². The first-order chi connectivity index (χ1) is 9.56. The number of nitrogens with one attached hydrogen (secondary N) is 2. The molecule has 0 bridgehead atoms. The summed E-state index contributed by atoms with van der Waals surface area (Å²) in [5.41, 5.74) is 1.65. The second kappa shape index (κ2) is 6.76. The topological polar surface area (TPSA) is 44.9 Å². The molecule has 1 aromatic heterocycles. The second-order valence-corrected chi connectivity index (χ2v) is 6.62. The Kier molecular flexibility index (Phi) is 5.27. The molecule has 0 fully saturated rings. The number of carbonyl (C=O) groups is 1. The Balaban J connectivity index is 2.20. The summed E-state index contributed by atoms with van der Waals surface area (Å²) in [6, 6.07) is 3.93. The average Bonchev–Trinajstić information content (AvgIpc) is 2.83. The molecule has 0 aliphatic rings. The third kappa shape index (κ3) is 3.26. The van der Waals surface area contributed by atoms with Gasteiger partial charge < -0.3 is 10.3 Å². The van der Waals surface area contributed by atoms with E-state index in [-0.39, 0.29) is 5.91 Å². The van der Waals surface area contributed by atoms with Crippen LogP contribution >= 0.6 is 31.9 Å². The number of rotatable bonds is 5. The molecule has 0 saturated carbocycles. The number of carbonyl (C=O) groups excluding carboxylic acids is 1. The standard InChI is InChI=1S/C15H18Br2N2O/c1-3-9(4-2)7-19-15(20)11-8-18-14-6-13(17)12(16)5-10(11)14/h5-6,8-9,18H,3-4,7H2,1-2H3,(H,19,20). The van der Waals surface area contributed by atoms with Gasteiger partial charge >= 0.3 is 0 Å². The van der Waals surface area contributed by atoms with Gasteiger partial charge in [0, 0.05) is 32.6 Å². The Hall–Kier alpha value is -0.810. The van der Waals surface area contributed by atoms with E-state index in [1.165, 1.54) is 0 Å². The van der Waals surface area contributed by atoms with E-state index in [4.69, 9.17) is 0 Å². The van der Waals surface area contributed by atoms with Gasteiger partial charge in [0.15, 0.2) is 0 Å². The molecule has 0 atom stereocenters. The average molecular weight is 402 g/mol. The Morgan fingerprint density at radius 2 is 1.90 bits per heavy atom. The maximum atomic E-state index is 12.3. The van der Waals surface area contributed by atoms with Gasteiger partial charge in [0.2, 0.25) is 0 Å². The molecule has 1 amide bonds. The van der Waals surface area contributed by atoms with Crippen LogP contribution in [0.25, 0.3) is 10.9 Å². The lowest BCUT2D eigenvalue weighted by Crippen LogP contribution is -2.28. The van der Waals surface area contributed by atoms with Crippen LogP contribution in [-0.2, 0) is 0 Å². The zero-order valence-corrected chi connectivity index (χ0v) is 14.8. The fourth-order valence-electron chi connectivity index (χ4n) is 2.21. The Morgan fingerprint density at radius 3 is 2.55 bits per heavy atom. The minimum absolute atomic E-state index is 0.0163. The fourth-order valence-corrected chi connectivity index (χ4v) is 2.90. The molecular formula is C15H18Br2N2O. The summed E-state index contributed by atoms with van der Waals surface area (Å²) in [6.45, 7) is 5.04. The van der Waals surface area contributed by atoms with Crippen molar-refractivity contribution in [2.75, 3.05) is 6.54 Å². The zero-order valence-electron chi connectivity index (χ0n) is 11.6. The molecule has 0 aliphatic heterocycles. The van der Waals surface area contributed by atoms with Crippen molar-refractivity contribution in [3.8, 4) is 0 Å². The van der Waals surface area contributed by atoms with Crippen molar-refractivity contribution < 1.29 is 4.79 Å². The Labute approximate surface area is 135 Å². The fraction of sp³-hybridized carbons (Fsp3) is 0.400. The normalized spacial score (nSPS) is 11.2. The van der Waals surface area contributed by atoms with Crippen molar-refractivity contribution in [1.82, 2.24) is 10.3 Å². The minimum Gasteiger partial charge on any atom is -0.360 e. The van der Waals surface area contributed by atoms with Crippen LogP contribution in [0.1, 0.15) is 37.0 Å². The van der Waals surface area contributed by atoms with E-state index in [9.17, 15) is 4.79 Å². The molecule has 2 rings (SSSR count). The SMILES string of the molecule is CCC(CC)CNC(=O)c1c[nH]c2cc(Br)c(Br)cc12. The summed E-state index contributed by atoms with van der Waals surface area (Å²) in [6.07, 6.45) is 3.94. The van der Waals surface area contributed by atoms with Gasteiger partial charge in [-0.1, -0.05) is 26.7 Å². The number of hydrogen-bond donors (Lipinski definition) is 2. The summed E-state index contributed by atoms with van der Waals surface area (Å²) >= 11 is 6.94. The summed E-state index contributed by atoms with van der Waals surface area (Å²) < 4.78 is 1.91. The molecule has 0 saturated heterocycles. The number of hydrogen-bond acceptors (Lipinski definition) is 1. The second-order valence-electron chi connectivity index (χ2n) is 4.91. The highest BCUT2D eigenvalue weighted by molar-refractivity contribution is 9.13. The van der Waals surface area contributed by atoms with Crippen LogP contribution in [0, 0.1) is 5.92 Å². The highest BCUT2D eigenvalue weighted by atomic mass is 79.9. The van der Waals surface area contributed by atoms with Gasteiger partial charge in [0.1, 0.15) is 0 Å². The van der Waals surface area contributed by atoms with E-state index >= 15 is 0 Å². The van der Waals surface area contributed by atoms with Crippen molar-refractivity contribution in [2.45, 2.75) is 26.7 Å². The minimum atomic E-state index is -0.0163. The maximum Gasteiger partial charge on any atom is 0.253 e. The predicted octanol–water partition coefficient (Wildman–Crippen LogP) is 4.86. The quantitative estimate of drug-likeness (QED) is 0.738. The zero-order chi connectivity index (χ0) is 14.7. The maximum absolute atomic E-state index is 12.3. The lowest BCUT2D eigenvalue weighted by molar-refractivity contribution is 0.0948. The van der Waals surface area contributed by atoms with Gasteiger partial charge in [-0.2, -0.15) is 0 Å². The van der Waals surface area contributed by atoms with Crippen molar-refractivity contribution >= 4 is 48.7 Å². The summed E-state index contributed by atoms with van der Waals surface area (Å²) in [4.78, 5) is 15.4. The first-order valence-corrected chi connectivity index (χ1v) is 8.39. The van der Waals surface area contributed by atoms with Crippen LogP contribution in [0.4, 0.5) is 0 Å². The van der Waals surface area contributed by atoms with E-state index in [1.54, 1.807) is 6.20 Å². The highest BCUT2D eigenvalue weighted by Gasteiger charge is 2.14. The number of amides is 1. The van der Waals surface area contributed by atoms with Crippen molar-refractivity contribution in [3.63, 3.8) is 0 Å². The Bertz CT molecular complexity index is 618. The number of halogens is 2. The van der Waals surface area contributed by atoms with Crippen molar-refractivity contribution in [3.05, 3.63) is 32.8 Å². The number of H-pyrrole nitrogens is 1. The summed E-state index contributed by atoms with van der Waals surface area (Å²) in [5.74, 6) is 0.530. The molecule has 0 unspecified atom stereocenters. The van der Waals surface area contributed by atoms with Crippen LogP contribution in [0.15, 0.2) is 27.3 Å². The van der Waals surface area contributed by atoms with Crippen LogP contribution in [0.3, 0.4) is 0 Å². The Morgan fingerprint density at radius 1 is 1.25 bits per heavy atom. The molecule has 1 heterocycles. The monoisotopic (exact) mass is 400 g/mol.